The largest absolute Gasteiger partial charge is 0.393 e. The van der Waals surface area contributed by atoms with Crippen molar-refractivity contribution in [3.63, 3.8) is 0 Å². The molecule has 0 aromatic heterocycles. The Bertz CT molecular complexity index is 130. The minimum atomic E-state index is -0.128. The lowest BCUT2D eigenvalue weighted by molar-refractivity contribution is 0.167. The molecule has 1 rings (SSSR count). The molecule has 2 nitrogen and oxygen atoms in total. The lowest BCUT2D eigenvalue weighted by Crippen LogP contribution is -2.30. The van der Waals surface area contributed by atoms with E-state index in [4.69, 9.17) is 5.11 Å². The van der Waals surface area contributed by atoms with Crippen molar-refractivity contribution in [2.24, 2.45) is 0 Å². The number of aliphatic hydroxyl groups excluding tert-OH is 1. The van der Waals surface area contributed by atoms with Gasteiger partial charge in [0.2, 0.25) is 0 Å². The molecule has 0 radical (unpaired) electrons. The maximum atomic E-state index is 9.11. The Labute approximate surface area is 81.9 Å². The molecule has 13 heavy (non-hydrogen) atoms. The van der Waals surface area contributed by atoms with E-state index in [-0.39, 0.29) is 6.10 Å². The molecule has 1 aliphatic carbocycles. The standard InChI is InChI=1S/C11H23NO/c1-10(13)6-5-9-12(2)11-7-3-4-8-11/h10-11,13H,3-9H2,1-2H3. The van der Waals surface area contributed by atoms with E-state index in [2.05, 4.69) is 11.9 Å². The Morgan fingerprint density at radius 2 is 2.00 bits per heavy atom. The maximum Gasteiger partial charge on any atom is 0.0512 e. The van der Waals surface area contributed by atoms with Crippen LogP contribution in [0.5, 0.6) is 0 Å². The van der Waals surface area contributed by atoms with Crippen molar-refractivity contribution in [3.05, 3.63) is 0 Å². The van der Waals surface area contributed by atoms with E-state index in [0.29, 0.717) is 0 Å². The molecule has 0 amide bonds. The minimum Gasteiger partial charge on any atom is -0.393 e. The molecular formula is C11H23NO. The highest BCUT2D eigenvalue weighted by molar-refractivity contribution is 4.74. The van der Waals surface area contributed by atoms with Gasteiger partial charge in [-0.1, -0.05) is 12.8 Å². The number of hydrogen-bond donors (Lipinski definition) is 1. The van der Waals surface area contributed by atoms with Crippen molar-refractivity contribution < 1.29 is 5.11 Å². The topological polar surface area (TPSA) is 23.5 Å². The van der Waals surface area contributed by atoms with Gasteiger partial charge in [-0.3, -0.25) is 0 Å². The number of hydrogen-bond acceptors (Lipinski definition) is 2. The summed E-state index contributed by atoms with van der Waals surface area (Å²) < 4.78 is 0. The second kappa shape index (κ2) is 5.61. The minimum absolute atomic E-state index is 0.128. The summed E-state index contributed by atoms with van der Waals surface area (Å²) in [6, 6.07) is 0.828. The van der Waals surface area contributed by atoms with Crippen LogP contribution < -0.4 is 0 Å². The molecule has 1 aliphatic rings. The predicted octanol–water partition coefficient (Wildman–Crippen LogP) is 2.02. The van der Waals surface area contributed by atoms with Crippen LogP contribution in [0.2, 0.25) is 0 Å². The SMILES string of the molecule is CC(O)CCCN(C)C1CCCC1. The van der Waals surface area contributed by atoms with Gasteiger partial charge in [0.15, 0.2) is 0 Å². The molecule has 0 heterocycles. The van der Waals surface area contributed by atoms with Crippen LogP contribution in [0.25, 0.3) is 0 Å². The van der Waals surface area contributed by atoms with Crippen LogP contribution >= 0.6 is 0 Å². The molecule has 1 N–H and O–H groups in total. The second-order valence-corrected chi connectivity index (χ2v) is 4.41. The molecule has 1 fully saturated rings. The Kier molecular flexibility index (Phi) is 4.74. The Morgan fingerprint density at radius 3 is 2.54 bits per heavy atom. The predicted molar refractivity (Wildman–Crippen MR) is 55.8 cm³/mol. The third kappa shape index (κ3) is 4.10. The van der Waals surface area contributed by atoms with Gasteiger partial charge in [-0.25, -0.2) is 0 Å². The van der Waals surface area contributed by atoms with Crippen molar-refractivity contribution >= 4 is 0 Å². The number of rotatable bonds is 5. The first-order valence-corrected chi connectivity index (χ1v) is 5.58. The number of aliphatic hydroxyl groups is 1. The molecule has 1 saturated carbocycles. The number of nitrogens with zero attached hydrogens (tertiary/aromatic N) is 1. The van der Waals surface area contributed by atoms with E-state index in [0.717, 1.165) is 25.4 Å². The van der Waals surface area contributed by atoms with Gasteiger partial charge < -0.3 is 10.0 Å². The zero-order valence-electron chi connectivity index (χ0n) is 9.00. The lowest BCUT2D eigenvalue weighted by Gasteiger charge is -2.23. The first-order chi connectivity index (χ1) is 6.20. The summed E-state index contributed by atoms with van der Waals surface area (Å²) in [7, 11) is 2.22. The summed E-state index contributed by atoms with van der Waals surface area (Å²) >= 11 is 0. The van der Waals surface area contributed by atoms with Gasteiger partial charge in [0.25, 0.3) is 0 Å². The van der Waals surface area contributed by atoms with Crippen LogP contribution in [0, 0.1) is 0 Å². The van der Waals surface area contributed by atoms with Crippen molar-refractivity contribution in [2.75, 3.05) is 13.6 Å². The molecule has 0 aliphatic heterocycles. The normalized spacial score (nSPS) is 21.2. The summed E-state index contributed by atoms with van der Waals surface area (Å²) in [5, 5.41) is 9.11. The zero-order valence-corrected chi connectivity index (χ0v) is 9.00. The van der Waals surface area contributed by atoms with E-state index in [1.165, 1.54) is 25.7 Å². The lowest BCUT2D eigenvalue weighted by atomic mass is 10.2. The Morgan fingerprint density at radius 1 is 1.38 bits per heavy atom. The van der Waals surface area contributed by atoms with E-state index in [1.54, 1.807) is 0 Å². The smallest absolute Gasteiger partial charge is 0.0512 e. The van der Waals surface area contributed by atoms with E-state index in [1.807, 2.05) is 6.92 Å². The maximum absolute atomic E-state index is 9.11. The summed E-state index contributed by atoms with van der Waals surface area (Å²) in [6.45, 7) is 3.02. The third-order valence-corrected chi connectivity index (χ3v) is 3.08. The molecule has 78 valence electrons. The Balaban J connectivity index is 2.06. The quantitative estimate of drug-likeness (QED) is 0.708. The highest BCUT2D eigenvalue weighted by Crippen LogP contribution is 2.22. The highest BCUT2D eigenvalue weighted by atomic mass is 16.3. The molecule has 2 heteroatoms. The summed E-state index contributed by atoms with van der Waals surface area (Å²) in [5.41, 5.74) is 0. The second-order valence-electron chi connectivity index (χ2n) is 4.41. The van der Waals surface area contributed by atoms with E-state index < -0.39 is 0 Å². The van der Waals surface area contributed by atoms with E-state index in [9.17, 15) is 0 Å². The van der Waals surface area contributed by atoms with Crippen LogP contribution in [-0.4, -0.2) is 35.7 Å². The van der Waals surface area contributed by atoms with Crippen molar-refractivity contribution in [1.29, 1.82) is 0 Å². The molecule has 1 atom stereocenters. The monoisotopic (exact) mass is 185 g/mol. The van der Waals surface area contributed by atoms with Crippen molar-refractivity contribution in [1.82, 2.24) is 4.90 Å². The van der Waals surface area contributed by atoms with Gasteiger partial charge in [0, 0.05) is 6.04 Å². The molecule has 0 aromatic rings. The highest BCUT2D eigenvalue weighted by Gasteiger charge is 2.18. The van der Waals surface area contributed by atoms with E-state index >= 15 is 0 Å². The Hall–Kier alpha value is -0.0800. The van der Waals surface area contributed by atoms with Gasteiger partial charge >= 0.3 is 0 Å². The first kappa shape index (κ1) is 11.0. The van der Waals surface area contributed by atoms with Gasteiger partial charge in [0.1, 0.15) is 0 Å². The molecule has 1 unspecified atom stereocenters. The van der Waals surface area contributed by atoms with Gasteiger partial charge in [-0.15, -0.1) is 0 Å². The average molecular weight is 185 g/mol. The fourth-order valence-electron chi connectivity index (χ4n) is 2.16. The first-order valence-electron chi connectivity index (χ1n) is 5.58. The van der Waals surface area contributed by atoms with Gasteiger partial charge in [-0.2, -0.15) is 0 Å². The van der Waals surface area contributed by atoms with Crippen LogP contribution in [0.3, 0.4) is 0 Å². The molecule has 0 bridgehead atoms. The fraction of sp³-hybridized carbons (Fsp3) is 1.00. The van der Waals surface area contributed by atoms with Crippen molar-refractivity contribution in [2.45, 2.75) is 57.6 Å². The van der Waals surface area contributed by atoms with Crippen LogP contribution in [0.15, 0.2) is 0 Å². The molecule has 0 spiro atoms. The molecular weight excluding hydrogens is 162 g/mol. The van der Waals surface area contributed by atoms with Crippen LogP contribution in [0.4, 0.5) is 0 Å². The van der Waals surface area contributed by atoms with Crippen LogP contribution in [-0.2, 0) is 0 Å². The van der Waals surface area contributed by atoms with Crippen molar-refractivity contribution in [3.8, 4) is 0 Å². The third-order valence-electron chi connectivity index (χ3n) is 3.08. The average Bonchev–Trinajstić information content (AvgIpc) is 2.55. The van der Waals surface area contributed by atoms with Gasteiger partial charge in [0.05, 0.1) is 6.10 Å². The molecule has 0 saturated heterocycles. The summed E-state index contributed by atoms with van der Waals surface area (Å²) in [5.74, 6) is 0. The summed E-state index contributed by atoms with van der Waals surface area (Å²) in [6.07, 6.45) is 7.52. The summed E-state index contributed by atoms with van der Waals surface area (Å²) in [4.78, 5) is 2.47. The zero-order chi connectivity index (χ0) is 9.68. The molecule has 0 aromatic carbocycles. The van der Waals surface area contributed by atoms with Gasteiger partial charge in [-0.05, 0) is 46.2 Å². The van der Waals surface area contributed by atoms with Crippen LogP contribution in [0.1, 0.15) is 45.4 Å². The fourth-order valence-corrected chi connectivity index (χ4v) is 2.16.